The fraction of sp³-hybridized carbons (Fsp3) is 0.333. The summed E-state index contributed by atoms with van der Waals surface area (Å²) in [6.45, 7) is 1.72. The van der Waals surface area contributed by atoms with E-state index in [2.05, 4.69) is 0 Å². The van der Waals surface area contributed by atoms with Crippen molar-refractivity contribution in [2.75, 3.05) is 0 Å². The monoisotopic (exact) mass is 236 g/mol. The molecule has 1 heterocycles. The molecule has 1 atom stereocenters. The maximum Gasteiger partial charge on any atom is 0.246 e. The molecule has 70 valence electrons. The Bertz CT molecular complexity index is 313. The Morgan fingerprint density at radius 3 is 2.15 bits per heavy atom. The predicted octanol–water partition coefficient (Wildman–Crippen LogP) is 3.72. The largest absolute Gasteiger partial charge is 0.316 e. The van der Waals surface area contributed by atoms with Gasteiger partial charge in [-0.05, 0) is 6.92 Å². The van der Waals surface area contributed by atoms with E-state index in [9.17, 15) is 0 Å². The molecule has 0 saturated carbocycles. The van der Waals surface area contributed by atoms with Crippen molar-refractivity contribution in [1.29, 1.82) is 0 Å². The van der Waals surface area contributed by atoms with E-state index in [0.717, 1.165) is 11.1 Å². The van der Waals surface area contributed by atoms with Crippen LogP contribution >= 0.6 is 34.8 Å². The first-order valence-corrected chi connectivity index (χ1v) is 4.94. The van der Waals surface area contributed by atoms with Crippen molar-refractivity contribution in [3.05, 3.63) is 35.4 Å². The Kier molecular flexibility index (Phi) is 2.04. The van der Waals surface area contributed by atoms with Crippen molar-refractivity contribution in [2.24, 2.45) is 0 Å². The molecule has 0 amide bonds. The first kappa shape index (κ1) is 9.60. The standard InChI is InChI=1S/C9H7Cl3O/c1-8(10)6-4-2-3-5-7(6)9(11,12)13-8/h2-5H,1H3. The van der Waals surface area contributed by atoms with Gasteiger partial charge >= 0.3 is 0 Å². The van der Waals surface area contributed by atoms with Gasteiger partial charge in [-0.1, -0.05) is 59.1 Å². The maximum absolute atomic E-state index is 6.09. The van der Waals surface area contributed by atoms with E-state index in [1.807, 2.05) is 24.3 Å². The summed E-state index contributed by atoms with van der Waals surface area (Å²) in [5, 5.41) is -0.930. The van der Waals surface area contributed by atoms with Gasteiger partial charge in [0.2, 0.25) is 4.52 Å². The van der Waals surface area contributed by atoms with E-state index >= 15 is 0 Å². The van der Waals surface area contributed by atoms with E-state index in [1.54, 1.807) is 6.92 Å². The number of hydrogen-bond donors (Lipinski definition) is 0. The highest BCUT2D eigenvalue weighted by molar-refractivity contribution is 6.47. The van der Waals surface area contributed by atoms with Gasteiger partial charge in [-0.2, -0.15) is 0 Å². The normalized spacial score (nSPS) is 30.2. The Labute approximate surface area is 91.5 Å². The number of fused-ring (bicyclic) bond motifs is 1. The molecule has 1 aromatic carbocycles. The zero-order valence-electron chi connectivity index (χ0n) is 6.85. The second kappa shape index (κ2) is 2.77. The predicted molar refractivity (Wildman–Crippen MR) is 54.1 cm³/mol. The lowest BCUT2D eigenvalue weighted by atomic mass is 10.1. The van der Waals surface area contributed by atoms with E-state index < -0.39 is 9.58 Å². The summed E-state index contributed by atoms with van der Waals surface area (Å²) in [5.74, 6) is 0. The van der Waals surface area contributed by atoms with Gasteiger partial charge in [-0.25, -0.2) is 0 Å². The maximum atomic E-state index is 6.09. The molecule has 1 unspecified atom stereocenters. The SMILES string of the molecule is CC1(Cl)OC(Cl)(Cl)c2ccccc21. The number of alkyl halides is 3. The lowest BCUT2D eigenvalue weighted by Gasteiger charge is -2.18. The highest BCUT2D eigenvalue weighted by atomic mass is 35.5. The molecular formula is C9H7Cl3O. The second-order valence-electron chi connectivity index (χ2n) is 3.08. The smallest absolute Gasteiger partial charge is 0.246 e. The lowest BCUT2D eigenvalue weighted by Crippen LogP contribution is -2.16. The average Bonchev–Trinajstić information content (AvgIpc) is 2.20. The summed E-state index contributed by atoms with van der Waals surface area (Å²) in [7, 11) is 0. The second-order valence-corrected chi connectivity index (χ2v) is 5.06. The molecule has 1 aliphatic heterocycles. The van der Waals surface area contributed by atoms with E-state index in [-0.39, 0.29) is 0 Å². The fourth-order valence-electron chi connectivity index (χ4n) is 1.48. The Hall–Kier alpha value is 0.0500. The number of ether oxygens (including phenoxy) is 1. The molecule has 0 N–H and O–H groups in total. The summed E-state index contributed by atoms with van der Waals surface area (Å²) in [5.41, 5.74) is 1.54. The number of rotatable bonds is 0. The average molecular weight is 238 g/mol. The van der Waals surface area contributed by atoms with Crippen molar-refractivity contribution >= 4 is 34.8 Å². The molecule has 0 saturated heterocycles. The number of halogens is 3. The van der Waals surface area contributed by atoms with Gasteiger partial charge in [0.15, 0.2) is 5.06 Å². The van der Waals surface area contributed by atoms with Crippen molar-refractivity contribution in [1.82, 2.24) is 0 Å². The van der Waals surface area contributed by atoms with Crippen LogP contribution in [-0.4, -0.2) is 0 Å². The molecule has 13 heavy (non-hydrogen) atoms. The molecule has 0 aliphatic carbocycles. The molecule has 1 aliphatic rings. The fourth-order valence-corrected chi connectivity index (χ4v) is 2.47. The summed E-state index contributed by atoms with van der Waals surface area (Å²) in [6, 6.07) is 7.38. The van der Waals surface area contributed by atoms with Crippen LogP contribution < -0.4 is 0 Å². The van der Waals surface area contributed by atoms with Crippen molar-refractivity contribution < 1.29 is 4.74 Å². The molecular weight excluding hydrogens is 230 g/mol. The van der Waals surface area contributed by atoms with Gasteiger partial charge in [0.1, 0.15) is 0 Å². The molecule has 0 spiro atoms. The highest BCUT2D eigenvalue weighted by Crippen LogP contribution is 2.53. The third kappa shape index (κ3) is 1.44. The lowest BCUT2D eigenvalue weighted by molar-refractivity contribution is 0.00994. The molecule has 1 nitrogen and oxygen atoms in total. The van der Waals surface area contributed by atoms with Crippen LogP contribution in [0, 0.1) is 0 Å². The molecule has 2 rings (SSSR count). The zero-order valence-corrected chi connectivity index (χ0v) is 9.12. The zero-order chi connectivity index (χ0) is 9.69. The first-order chi connectivity index (χ1) is 5.93. The van der Waals surface area contributed by atoms with Crippen LogP contribution in [0.1, 0.15) is 18.1 Å². The van der Waals surface area contributed by atoms with Crippen LogP contribution in [0.15, 0.2) is 24.3 Å². The summed E-state index contributed by atoms with van der Waals surface area (Å²) in [4.78, 5) is 0. The highest BCUT2D eigenvalue weighted by Gasteiger charge is 2.48. The van der Waals surface area contributed by atoms with Crippen LogP contribution in [0.3, 0.4) is 0 Å². The minimum atomic E-state index is -1.33. The van der Waals surface area contributed by atoms with Crippen molar-refractivity contribution in [3.63, 3.8) is 0 Å². The third-order valence-electron chi connectivity index (χ3n) is 2.04. The topological polar surface area (TPSA) is 9.23 Å². The van der Waals surface area contributed by atoms with Crippen LogP contribution in [-0.2, 0) is 14.3 Å². The van der Waals surface area contributed by atoms with Gasteiger partial charge in [-0.3, -0.25) is 0 Å². The summed E-state index contributed by atoms with van der Waals surface area (Å²) < 4.78 is 3.98. The van der Waals surface area contributed by atoms with Crippen LogP contribution in [0.2, 0.25) is 0 Å². The third-order valence-corrected chi connectivity index (χ3v) is 2.88. The molecule has 4 heteroatoms. The van der Waals surface area contributed by atoms with E-state index in [4.69, 9.17) is 39.5 Å². The van der Waals surface area contributed by atoms with Gasteiger partial charge in [0, 0.05) is 11.1 Å². The summed E-state index contributed by atoms with van der Waals surface area (Å²) in [6.07, 6.45) is 0. The van der Waals surface area contributed by atoms with Gasteiger partial charge in [0.25, 0.3) is 0 Å². The minimum Gasteiger partial charge on any atom is -0.316 e. The van der Waals surface area contributed by atoms with Gasteiger partial charge < -0.3 is 4.74 Å². The van der Waals surface area contributed by atoms with Crippen LogP contribution in [0.25, 0.3) is 0 Å². The Morgan fingerprint density at radius 2 is 1.62 bits per heavy atom. The van der Waals surface area contributed by atoms with Crippen molar-refractivity contribution in [3.8, 4) is 0 Å². The van der Waals surface area contributed by atoms with Crippen LogP contribution in [0.5, 0.6) is 0 Å². The molecule has 0 bridgehead atoms. The molecule has 0 aromatic heterocycles. The van der Waals surface area contributed by atoms with Crippen LogP contribution in [0.4, 0.5) is 0 Å². The molecule has 0 fully saturated rings. The molecule has 0 radical (unpaired) electrons. The minimum absolute atomic E-state index is 0.718. The number of benzene rings is 1. The van der Waals surface area contributed by atoms with E-state index in [0.29, 0.717) is 0 Å². The van der Waals surface area contributed by atoms with Crippen molar-refractivity contribution in [2.45, 2.75) is 16.5 Å². The molecule has 1 aromatic rings. The first-order valence-electron chi connectivity index (χ1n) is 3.80. The Balaban J connectivity index is 2.64. The van der Waals surface area contributed by atoms with Gasteiger partial charge in [0.05, 0.1) is 0 Å². The Morgan fingerprint density at radius 1 is 1.08 bits per heavy atom. The van der Waals surface area contributed by atoms with E-state index in [1.165, 1.54) is 0 Å². The van der Waals surface area contributed by atoms with Gasteiger partial charge in [-0.15, -0.1) is 0 Å². The quantitative estimate of drug-likeness (QED) is 0.625. The summed E-state index contributed by atoms with van der Waals surface area (Å²) >= 11 is 18.0. The number of hydrogen-bond acceptors (Lipinski definition) is 1.